The van der Waals surface area contributed by atoms with Gasteiger partial charge in [-0.25, -0.2) is 5.10 Å². The van der Waals surface area contributed by atoms with Crippen molar-refractivity contribution in [3.63, 3.8) is 0 Å². The van der Waals surface area contributed by atoms with E-state index >= 15 is 0 Å². The quantitative estimate of drug-likeness (QED) is 0.586. The number of aromatic nitrogens is 3. The van der Waals surface area contributed by atoms with Crippen LogP contribution >= 0.6 is 12.2 Å². The maximum Gasteiger partial charge on any atom is 0.216 e. The van der Waals surface area contributed by atoms with E-state index in [9.17, 15) is 0 Å². The monoisotopic (exact) mass is 324 g/mol. The lowest BCUT2D eigenvalue weighted by Crippen LogP contribution is -1.97. The van der Waals surface area contributed by atoms with Crippen LogP contribution in [0.4, 0.5) is 0 Å². The first-order valence-corrected chi connectivity index (χ1v) is 7.52. The van der Waals surface area contributed by atoms with E-state index in [1.165, 1.54) is 0 Å². The molecule has 0 aliphatic carbocycles. The zero-order chi connectivity index (χ0) is 16.2. The molecule has 116 valence electrons. The molecule has 1 aromatic heterocycles. The minimum atomic E-state index is 0.427. The zero-order valence-electron chi connectivity index (χ0n) is 12.9. The largest absolute Gasteiger partial charge is 0.496 e. The summed E-state index contributed by atoms with van der Waals surface area (Å²) in [5.74, 6) is 1.33. The Balaban J connectivity index is 2.07. The number of aromatic amines is 1. The van der Waals surface area contributed by atoms with Gasteiger partial charge in [-0.3, -0.25) is 0 Å². The number of nitrogens with one attached hydrogen (secondary N) is 1. The molecule has 3 aromatic rings. The molecule has 0 saturated heterocycles. The third kappa shape index (κ3) is 3.07. The number of nitrogens with zero attached hydrogens (tertiary/aromatic N) is 3. The number of hydrogen-bond acceptors (Lipinski definition) is 4. The van der Waals surface area contributed by atoms with Crippen LogP contribution in [-0.4, -0.2) is 28.2 Å². The van der Waals surface area contributed by atoms with Crippen LogP contribution in [0.2, 0.25) is 0 Å². The van der Waals surface area contributed by atoms with Gasteiger partial charge in [0.05, 0.1) is 18.9 Å². The molecule has 5 nitrogen and oxygen atoms in total. The van der Waals surface area contributed by atoms with Crippen LogP contribution in [0.5, 0.6) is 5.75 Å². The Labute approximate surface area is 139 Å². The van der Waals surface area contributed by atoms with Crippen LogP contribution in [0, 0.1) is 11.7 Å². The van der Waals surface area contributed by atoms with Gasteiger partial charge in [-0.2, -0.15) is 14.9 Å². The third-order valence-electron chi connectivity index (χ3n) is 3.50. The predicted octanol–water partition coefficient (Wildman–Crippen LogP) is 3.81. The van der Waals surface area contributed by atoms with Gasteiger partial charge in [0.15, 0.2) is 5.82 Å². The molecular weight excluding hydrogens is 308 g/mol. The lowest BCUT2D eigenvalue weighted by Gasteiger charge is -2.07. The molecule has 0 fully saturated rings. The number of rotatable bonds is 4. The summed E-state index contributed by atoms with van der Waals surface area (Å²) in [7, 11) is 1.63. The van der Waals surface area contributed by atoms with Crippen molar-refractivity contribution in [2.75, 3.05) is 7.11 Å². The number of benzene rings is 2. The van der Waals surface area contributed by atoms with E-state index in [1.807, 2.05) is 55.5 Å². The van der Waals surface area contributed by atoms with Crippen molar-refractivity contribution in [3.8, 4) is 17.1 Å². The first-order valence-electron chi connectivity index (χ1n) is 7.11. The topological polar surface area (TPSA) is 55.2 Å². The van der Waals surface area contributed by atoms with E-state index in [2.05, 4.69) is 15.3 Å². The first kappa shape index (κ1) is 15.2. The summed E-state index contributed by atoms with van der Waals surface area (Å²) >= 11 is 5.29. The second kappa shape index (κ2) is 6.58. The van der Waals surface area contributed by atoms with Crippen LogP contribution in [0.15, 0.2) is 53.6 Å². The molecule has 0 atom stereocenters. The second-order valence-corrected chi connectivity index (χ2v) is 5.35. The van der Waals surface area contributed by atoms with Gasteiger partial charge in [-0.15, -0.1) is 0 Å². The van der Waals surface area contributed by atoms with Gasteiger partial charge in [0.25, 0.3) is 0 Å². The second-order valence-electron chi connectivity index (χ2n) is 4.97. The summed E-state index contributed by atoms with van der Waals surface area (Å²) in [5.41, 5.74) is 3.00. The molecule has 0 spiro atoms. The Bertz CT molecular complexity index is 911. The summed E-state index contributed by atoms with van der Waals surface area (Å²) < 4.78 is 7.42. The highest BCUT2D eigenvalue weighted by atomic mass is 32.1. The number of hydrogen-bond donors (Lipinski definition) is 1. The van der Waals surface area contributed by atoms with E-state index in [1.54, 1.807) is 18.0 Å². The number of methoxy groups -OCH3 is 1. The highest BCUT2D eigenvalue weighted by Crippen LogP contribution is 2.28. The molecule has 0 unspecified atom stereocenters. The molecule has 6 heteroatoms. The molecule has 0 radical (unpaired) electrons. The van der Waals surface area contributed by atoms with Gasteiger partial charge in [0.2, 0.25) is 4.77 Å². The van der Waals surface area contributed by atoms with Crippen LogP contribution < -0.4 is 4.74 Å². The molecule has 23 heavy (non-hydrogen) atoms. The standard InChI is InChI=1S/C17H16N4OS/c1-12-7-3-4-8-13(12)11-18-21-16(19-20-17(21)23)14-9-5-6-10-15(14)22-2/h3-11H,1-2H3,(H,20,23)/b18-11-. The molecule has 0 bridgehead atoms. The summed E-state index contributed by atoms with van der Waals surface area (Å²) in [4.78, 5) is 0. The normalized spacial score (nSPS) is 11.0. The summed E-state index contributed by atoms with van der Waals surface area (Å²) in [6, 6.07) is 15.6. The molecule has 1 heterocycles. The fraction of sp³-hybridized carbons (Fsp3) is 0.118. The molecule has 0 amide bonds. The smallest absolute Gasteiger partial charge is 0.216 e. The molecule has 0 aliphatic heterocycles. The third-order valence-corrected chi connectivity index (χ3v) is 3.76. The molecule has 3 rings (SSSR count). The van der Waals surface area contributed by atoms with Gasteiger partial charge < -0.3 is 4.74 Å². The molecule has 0 saturated carbocycles. The fourth-order valence-electron chi connectivity index (χ4n) is 2.25. The first-order chi connectivity index (χ1) is 11.2. The fourth-order valence-corrected chi connectivity index (χ4v) is 2.43. The van der Waals surface area contributed by atoms with E-state index in [4.69, 9.17) is 17.0 Å². The van der Waals surface area contributed by atoms with E-state index in [-0.39, 0.29) is 0 Å². The van der Waals surface area contributed by atoms with E-state index in [0.29, 0.717) is 16.3 Å². The minimum Gasteiger partial charge on any atom is -0.496 e. The lowest BCUT2D eigenvalue weighted by atomic mass is 10.1. The SMILES string of the molecule is COc1ccccc1-c1n[nH]c(=S)n1/N=C\c1ccccc1C. The highest BCUT2D eigenvalue weighted by molar-refractivity contribution is 7.71. The number of ether oxygens (including phenoxy) is 1. The van der Waals surface area contributed by atoms with Gasteiger partial charge >= 0.3 is 0 Å². The summed E-state index contributed by atoms with van der Waals surface area (Å²) in [6.07, 6.45) is 1.78. The molecule has 2 aromatic carbocycles. The number of aryl methyl sites for hydroxylation is 1. The maximum atomic E-state index is 5.39. The summed E-state index contributed by atoms with van der Waals surface area (Å²) in [6.45, 7) is 2.04. The van der Waals surface area contributed by atoms with Crippen LogP contribution in [0.25, 0.3) is 11.4 Å². The van der Waals surface area contributed by atoms with Gasteiger partial charge in [-0.05, 0) is 42.4 Å². The lowest BCUT2D eigenvalue weighted by molar-refractivity contribution is 0.416. The predicted molar refractivity (Wildman–Crippen MR) is 93.6 cm³/mol. The van der Waals surface area contributed by atoms with Crippen molar-refractivity contribution in [3.05, 3.63) is 64.4 Å². The zero-order valence-corrected chi connectivity index (χ0v) is 13.7. The van der Waals surface area contributed by atoms with Gasteiger partial charge in [0, 0.05) is 0 Å². The van der Waals surface area contributed by atoms with E-state index < -0.39 is 0 Å². The van der Waals surface area contributed by atoms with E-state index in [0.717, 1.165) is 16.7 Å². The Morgan fingerprint density at radius 3 is 2.70 bits per heavy atom. The molecule has 0 aliphatic rings. The highest BCUT2D eigenvalue weighted by Gasteiger charge is 2.12. The molecule has 1 N–H and O–H groups in total. The van der Waals surface area contributed by atoms with Crippen molar-refractivity contribution in [1.82, 2.24) is 14.9 Å². The average molecular weight is 324 g/mol. The van der Waals surface area contributed by atoms with Crippen molar-refractivity contribution in [2.24, 2.45) is 5.10 Å². The van der Waals surface area contributed by atoms with Crippen molar-refractivity contribution < 1.29 is 4.74 Å². The van der Waals surface area contributed by atoms with Gasteiger partial charge in [0.1, 0.15) is 5.75 Å². The molecular formula is C17H16N4OS. The van der Waals surface area contributed by atoms with Crippen LogP contribution in [-0.2, 0) is 0 Å². The number of H-pyrrole nitrogens is 1. The minimum absolute atomic E-state index is 0.427. The Hall–Kier alpha value is -2.73. The van der Waals surface area contributed by atoms with Crippen molar-refractivity contribution in [1.29, 1.82) is 0 Å². The Kier molecular flexibility index (Phi) is 4.34. The van der Waals surface area contributed by atoms with Gasteiger partial charge in [-0.1, -0.05) is 36.4 Å². The number of para-hydroxylation sites is 1. The van der Waals surface area contributed by atoms with Crippen molar-refractivity contribution >= 4 is 18.4 Å². The van der Waals surface area contributed by atoms with Crippen LogP contribution in [0.3, 0.4) is 0 Å². The maximum absolute atomic E-state index is 5.39. The Morgan fingerprint density at radius 2 is 1.91 bits per heavy atom. The summed E-state index contributed by atoms with van der Waals surface area (Å²) in [5, 5.41) is 11.6. The Morgan fingerprint density at radius 1 is 1.17 bits per heavy atom. The average Bonchev–Trinajstić information content (AvgIpc) is 2.95. The van der Waals surface area contributed by atoms with Crippen molar-refractivity contribution in [2.45, 2.75) is 6.92 Å². The van der Waals surface area contributed by atoms with Crippen LogP contribution in [0.1, 0.15) is 11.1 Å².